The van der Waals surface area contributed by atoms with Crippen molar-refractivity contribution < 1.29 is 14.2 Å². The molecule has 1 unspecified atom stereocenters. The topological polar surface area (TPSA) is 66.6 Å². The van der Waals surface area contributed by atoms with Crippen molar-refractivity contribution in [3.05, 3.63) is 66.4 Å². The van der Waals surface area contributed by atoms with Crippen LogP contribution in [-0.2, 0) is 0 Å². The second-order valence-corrected chi connectivity index (χ2v) is 6.49. The summed E-state index contributed by atoms with van der Waals surface area (Å²) in [5, 5.41) is 0. The van der Waals surface area contributed by atoms with Crippen LogP contribution in [0.1, 0.15) is 31.9 Å². The lowest BCUT2D eigenvalue weighted by Gasteiger charge is -2.17. The van der Waals surface area contributed by atoms with Gasteiger partial charge >= 0.3 is 0 Å². The van der Waals surface area contributed by atoms with Gasteiger partial charge in [0.2, 0.25) is 0 Å². The van der Waals surface area contributed by atoms with Crippen LogP contribution in [0.5, 0.6) is 17.2 Å². The molecule has 1 heterocycles. The Morgan fingerprint density at radius 2 is 1.71 bits per heavy atom. The Kier molecular flexibility index (Phi) is 6.37. The summed E-state index contributed by atoms with van der Waals surface area (Å²) in [6.45, 7) is 4.71. The summed E-state index contributed by atoms with van der Waals surface area (Å²) in [5.41, 5.74) is 8.97. The lowest BCUT2D eigenvalue weighted by atomic mass is 10.1. The third-order valence-electron chi connectivity index (χ3n) is 4.41. The van der Waals surface area contributed by atoms with Crippen molar-refractivity contribution in [2.75, 3.05) is 19.5 Å². The minimum atomic E-state index is -0.139. The molecule has 0 saturated carbocycles. The Labute approximate surface area is 166 Å². The first-order valence-corrected chi connectivity index (χ1v) is 9.40. The Bertz CT molecular complexity index is 913. The first kappa shape index (κ1) is 19.5. The maximum absolute atomic E-state index is 6.08. The quantitative estimate of drug-likeness (QED) is 0.578. The number of benzene rings is 2. The zero-order valence-corrected chi connectivity index (χ0v) is 16.5. The van der Waals surface area contributed by atoms with Gasteiger partial charge < -0.3 is 19.9 Å². The fourth-order valence-electron chi connectivity index (χ4n) is 2.87. The van der Waals surface area contributed by atoms with Crippen molar-refractivity contribution in [3.8, 4) is 28.4 Å². The summed E-state index contributed by atoms with van der Waals surface area (Å²) in [6, 6.07) is 17.7. The predicted octanol–water partition coefficient (Wildman–Crippen LogP) is 5.27. The number of nitrogens with two attached hydrogens (primary N) is 1. The lowest BCUT2D eigenvalue weighted by molar-refractivity contribution is 0.228. The van der Waals surface area contributed by atoms with Gasteiger partial charge in [0.15, 0.2) is 23.1 Å². The molecule has 146 valence electrons. The molecule has 0 aliphatic heterocycles. The van der Waals surface area contributed by atoms with Crippen molar-refractivity contribution in [3.63, 3.8) is 0 Å². The van der Waals surface area contributed by atoms with E-state index >= 15 is 0 Å². The lowest BCUT2D eigenvalue weighted by Crippen LogP contribution is -2.06. The molecule has 5 nitrogen and oxygen atoms in total. The molecular weight excluding hydrogens is 352 g/mol. The number of anilines is 1. The first-order chi connectivity index (χ1) is 13.6. The molecule has 3 rings (SSSR count). The van der Waals surface area contributed by atoms with Gasteiger partial charge in [0.05, 0.1) is 13.7 Å². The minimum absolute atomic E-state index is 0.139. The highest BCUT2D eigenvalue weighted by Gasteiger charge is 2.13. The molecule has 2 aromatic carbocycles. The summed E-state index contributed by atoms with van der Waals surface area (Å²) < 4.78 is 17.3. The standard InChI is InChI=1S/C23H26N2O3/c1-4-12-27-20-11-10-18(13-21(20)26-3)19-14-22(23(24)25-15-19)28-16(2)17-8-6-5-7-9-17/h5-11,13-16H,4,12H2,1-3H3,(H2,24,25). The fraction of sp³-hybridized carbons (Fsp3) is 0.261. The van der Waals surface area contributed by atoms with Crippen molar-refractivity contribution in [2.24, 2.45) is 0 Å². The molecule has 0 bridgehead atoms. The molecule has 0 saturated heterocycles. The van der Waals surface area contributed by atoms with Crippen molar-refractivity contribution in [2.45, 2.75) is 26.4 Å². The second kappa shape index (κ2) is 9.13. The van der Waals surface area contributed by atoms with E-state index in [4.69, 9.17) is 19.9 Å². The van der Waals surface area contributed by atoms with Crippen LogP contribution in [0.3, 0.4) is 0 Å². The fourth-order valence-corrected chi connectivity index (χ4v) is 2.87. The third-order valence-corrected chi connectivity index (χ3v) is 4.41. The molecule has 5 heteroatoms. The molecule has 1 atom stereocenters. The van der Waals surface area contributed by atoms with Crippen LogP contribution < -0.4 is 19.9 Å². The number of nitrogens with zero attached hydrogens (tertiary/aromatic N) is 1. The number of aromatic nitrogens is 1. The van der Waals surface area contributed by atoms with Crippen LogP contribution in [0.15, 0.2) is 60.8 Å². The molecular formula is C23H26N2O3. The van der Waals surface area contributed by atoms with Crippen molar-refractivity contribution in [1.82, 2.24) is 4.98 Å². The van der Waals surface area contributed by atoms with Gasteiger partial charge in [-0.05, 0) is 42.7 Å². The van der Waals surface area contributed by atoms with Gasteiger partial charge in [-0.1, -0.05) is 43.3 Å². The van der Waals surface area contributed by atoms with Gasteiger partial charge in [-0.2, -0.15) is 0 Å². The van der Waals surface area contributed by atoms with Crippen LogP contribution >= 0.6 is 0 Å². The second-order valence-electron chi connectivity index (χ2n) is 6.49. The van der Waals surface area contributed by atoms with E-state index in [1.807, 2.05) is 61.5 Å². The normalized spacial score (nSPS) is 11.7. The zero-order chi connectivity index (χ0) is 19.9. The average molecular weight is 378 g/mol. The van der Waals surface area contributed by atoms with Crippen LogP contribution in [0.25, 0.3) is 11.1 Å². The molecule has 1 aromatic heterocycles. The highest BCUT2D eigenvalue weighted by molar-refractivity contribution is 5.69. The molecule has 3 aromatic rings. The van der Waals surface area contributed by atoms with E-state index in [1.54, 1.807) is 13.3 Å². The van der Waals surface area contributed by atoms with Crippen LogP contribution in [0.4, 0.5) is 5.82 Å². The number of pyridine rings is 1. The third kappa shape index (κ3) is 4.55. The summed E-state index contributed by atoms with van der Waals surface area (Å²) >= 11 is 0. The van der Waals surface area contributed by atoms with Gasteiger partial charge in [0.25, 0.3) is 0 Å². The number of rotatable bonds is 8. The largest absolute Gasteiger partial charge is 0.493 e. The summed E-state index contributed by atoms with van der Waals surface area (Å²) in [5.74, 6) is 2.33. The monoisotopic (exact) mass is 378 g/mol. The van der Waals surface area contributed by atoms with Gasteiger partial charge in [-0.3, -0.25) is 0 Å². The average Bonchev–Trinajstić information content (AvgIpc) is 2.74. The van der Waals surface area contributed by atoms with Crippen molar-refractivity contribution in [1.29, 1.82) is 0 Å². The van der Waals surface area contributed by atoms with Gasteiger partial charge in [0.1, 0.15) is 6.10 Å². The molecule has 0 fully saturated rings. The van der Waals surface area contributed by atoms with Crippen LogP contribution in [-0.4, -0.2) is 18.7 Å². The summed E-state index contributed by atoms with van der Waals surface area (Å²) in [4.78, 5) is 4.31. The number of hydrogen-bond donors (Lipinski definition) is 1. The van der Waals surface area contributed by atoms with E-state index in [1.165, 1.54) is 0 Å². The molecule has 0 aliphatic rings. The highest BCUT2D eigenvalue weighted by Crippen LogP contribution is 2.35. The van der Waals surface area contributed by atoms with E-state index in [9.17, 15) is 0 Å². The van der Waals surface area contributed by atoms with Gasteiger partial charge in [-0.25, -0.2) is 4.98 Å². The van der Waals surface area contributed by atoms with E-state index in [0.29, 0.717) is 23.9 Å². The van der Waals surface area contributed by atoms with Gasteiger partial charge in [0, 0.05) is 11.8 Å². The number of ether oxygens (including phenoxy) is 3. The molecule has 0 radical (unpaired) electrons. The molecule has 0 spiro atoms. The van der Waals surface area contributed by atoms with Crippen LogP contribution in [0.2, 0.25) is 0 Å². The van der Waals surface area contributed by atoms with E-state index < -0.39 is 0 Å². The number of hydrogen-bond acceptors (Lipinski definition) is 5. The van der Waals surface area contributed by atoms with E-state index in [2.05, 4.69) is 11.9 Å². The van der Waals surface area contributed by atoms with Gasteiger partial charge in [-0.15, -0.1) is 0 Å². The molecule has 28 heavy (non-hydrogen) atoms. The van der Waals surface area contributed by atoms with Crippen molar-refractivity contribution >= 4 is 5.82 Å². The Morgan fingerprint density at radius 3 is 2.43 bits per heavy atom. The molecule has 0 amide bonds. The smallest absolute Gasteiger partial charge is 0.166 e. The Balaban J connectivity index is 1.86. The summed E-state index contributed by atoms with van der Waals surface area (Å²) in [6.07, 6.45) is 2.53. The molecule has 2 N–H and O–H groups in total. The maximum Gasteiger partial charge on any atom is 0.166 e. The minimum Gasteiger partial charge on any atom is -0.493 e. The van der Waals surface area contributed by atoms with E-state index in [0.717, 1.165) is 28.9 Å². The number of methoxy groups -OCH3 is 1. The number of nitrogen functional groups attached to an aromatic ring is 1. The molecule has 0 aliphatic carbocycles. The maximum atomic E-state index is 6.08. The highest BCUT2D eigenvalue weighted by atomic mass is 16.5. The SMILES string of the molecule is CCCOc1ccc(-c2cnc(N)c(OC(C)c3ccccc3)c2)cc1OC. The predicted molar refractivity (Wildman–Crippen MR) is 112 cm³/mol. The first-order valence-electron chi connectivity index (χ1n) is 9.40. The Morgan fingerprint density at radius 1 is 0.964 bits per heavy atom. The summed E-state index contributed by atoms with van der Waals surface area (Å²) in [7, 11) is 1.63. The van der Waals surface area contributed by atoms with E-state index in [-0.39, 0.29) is 6.10 Å². The van der Waals surface area contributed by atoms with Crippen LogP contribution in [0, 0.1) is 0 Å². The zero-order valence-electron chi connectivity index (χ0n) is 16.5. The Hall–Kier alpha value is -3.21.